The lowest BCUT2D eigenvalue weighted by atomic mass is 10.2. The van der Waals surface area contributed by atoms with Crippen molar-refractivity contribution in [3.63, 3.8) is 0 Å². The predicted octanol–water partition coefficient (Wildman–Crippen LogP) is 5.74. The Balaban J connectivity index is 1.95. The molecule has 1 heterocycles. The Labute approximate surface area is 162 Å². The van der Waals surface area contributed by atoms with Crippen molar-refractivity contribution in [1.82, 2.24) is 9.55 Å². The van der Waals surface area contributed by atoms with Gasteiger partial charge >= 0.3 is 5.97 Å². The molecule has 0 bridgehead atoms. The molecule has 0 radical (unpaired) electrons. The summed E-state index contributed by atoms with van der Waals surface area (Å²) in [4.78, 5) is 16.7. The van der Waals surface area contributed by atoms with E-state index in [1.165, 1.54) is 0 Å². The summed E-state index contributed by atoms with van der Waals surface area (Å²) in [5, 5.41) is 1.84. The molecule has 0 saturated carbocycles. The second kappa shape index (κ2) is 8.14. The second-order valence-corrected chi connectivity index (χ2v) is 7.56. The third-order valence-electron chi connectivity index (χ3n) is 4.17. The highest BCUT2D eigenvalue weighted by molar-refractivity contribution is 7.99. The number of rotatable bonds is 6. The van der Waals surface area contributed by atoms with Crippen molar-refractivity contribution in [3.05, 3.63) is 58.6 Å². The predicted molar refractivity (Wildman–Crippen MR) is 107 cm³/mol. The highest BCUT2D eigenvalue weighted by atomic mass is 35.5. The van der Waals surface area contributed by atoms with Crippen LogP contribution >= 0.6 is 23.4 Å². The lowest BCUT2D eigenvalue weighted by Gasteiger charge is -2.13. The average Bonchev–Trinajstić information content (AvgIpc) is 2.98. The number of hydrogen-bond acceptors (Lipinski definition) is 4. The number of carbonyl (C=O) groups excluding carboxylic acids is 1. The first-order chi connectivity index (χ1) is 12.5. The van der Waals surface area contributed by atoms with Crippen LogP contribution in [0.3, 0.4) is 0 Å². The van der Waals surface area contributed by atoms with Crippen molar-refractivity contribution < 1.29 is 9.53 Å². The highest BCUT2D eigenvalue weighted by Gasteiger charge is 2.18. The maximum atomic E-state index is 12.0. The van der Waals surface area contributed by atoms with Crippen LogP contribution in [0.25, 0.3) is 11.0 Å². The Morgan fingerprint density at radius 2 is 2.04 bits per heavy atom. The Morgan fingerprint density at radius 1 is 1.27 bits per heavy atom. The van der Waals surface area contributed by atoms with Gasteiger partial charge in [-0.05, 0) is 50.6 Å². The van der Waals surface area contributed by atoms with Gasteiger partial charge in [0.15, 0.2) is 5.16 Å². The summed E-state index contributed by atoms with van der Waals surface area (Å²) < 4.78 is 7.24. The van der Waals surface area contributed by atoms with Crippen LogP contribution in [0.4, 0.5) is 0 Å². The SMILES string of the molecule is CCOC(=O)c1ccc2c(c1)nc(S[C@@H](C)c1ccccc1Cl)n2CC. The van der Waals surface area contributed by atoms with E-state index in [1.807, 2.05) is 30.3 Å². The van der Waals surface area contributed by atoms with Crippen molar-refractivity contribution in [3.8, 4) is 0 Å². The van der Waals surface area contributed by atoms with Gasteiger partial charge in [-0.25, -0.2) is 9.78 Å². The van der Waals surface area contributed by atoms with Crippen molar-refractivity contribution in [1.29, 1.82) is 0 Å². The van der Waals surface area contributed by atoms with Gasteiger partial charge in [-0.1, -0.05) is 41.6 Å². The number of ether oxygens (including phenoxy) is 1. The molecule has 0 saturated heterocycles. The zero-order chi connectivity index (χ0) is 18.7. The second-order valence-electron chi connectivity index (χ2n) is 5.84. The standard InChI is InChI=1S/C20H21ClN2O2S/c1-4-23-18-11-10-14(19(24)25-5-2)12-17(18)22-20(23)26-13(3)15-8-6-7-9-16(15)21/h6-13H,4-5H2,1-3H3/t13-/m0/s1. The van der Waals surface area contributed by atoms with Gasteiger partial charge in [-0.3, -0.25) is 0 Å². The van der Waals surface area contributed by atoms with Gasteiger partial charge in [-0.2, -0.15) is 0 Å². The molecule has 0 unspecified atom stereocenters. The molecular formula is C20H21ClN2O2S. The van der Waals surface area contributed by atoms with Gasteiger partial charge in [0.2, 0.25) is 0 Å². The smallest absolute Gasteiger partial charge is 0.338 e. The Bertz CT molecular complexity index is 939. The van der Waals surface area contributed by atoms with E-state index in [4.69, 9.17) is 21.3 Å². The normalized spacial score (nSPS) is 12.3. The molecule has 1 atom stereocenters. The first kappa shape index (κ1) is 18.8. The van der Waals surface area contributed by atoms with Crippen molar-refractivity contribution in [2.24, 2.45) is 0 Å². The summed E-state index contributed by atoms with van der Waals surface area (Å²) in [6.07, 6.45) is 0. The molecule has 0 N–H and O–H groups in total. The summed E-state index contributed by atoms with van der Waals surface area (Å²) in [6, 6.07) is 13.4. The molecule has 1 aromatic heterocycles. The van der Waals surface area contributed by atoms with Gasteiger partial charge in [0.25, 0.3) is 0 Å². The molecular weight excluding hydrogens is 368 g/mol. The minimum Gasteiger partial charge on any atom is -0.462 e. The lowest BCUT2D eigenvalue weighted by molar-refractivity contribution is 0.0526. The quantitative estimate of drug-likeness (QED) is 0.399. The van der Waals surface area contributed by atoms with E-state index in [1.54, 1.807) is 30.8 Å². The van der Waals surface area contributed by atoms with E-state index in [9.17, 15) is 4.79 Å². The average molecular weight is 389 g/mol. The van der Waals surface area contributed by atoms with E-state index < -0.39 is 0 Å². The van der Waals surface area contributed by atoms with Crippen LogP contribution < -0.4 is 0 Å². The molecule has 3 aromatic rings. The first-order valence-corrected chi connectivity index (χ1v) is 9.89. The number of hydrogen-bond donors (Lipinski definition) is 0. The fraction of sp³-hybridized carbons (Fsp3) is 0.300. The summed E-state index contributed by atoms with van der Waals surface area (Å²) in [6.45, 7) is 7.16. The van der Waals surface area contributed by atoms with Crippen LogP contribution in [0.15, 0.2) is 47.6 Å². The molecule has 26 heavy (non-hydrogen) atoms. The summed E-state index contributed by atoms with van der Waals surface area (Å²) >= 11 is 7.99. The highest BCUT2D eigenvalue weighted by Crippen LogP contribution is 2.38. The van der Waals surface area contributed by atoms with Crippen molar-refractivity contribution >= 4 is 40.4 Å². The summed E-state index contributed by atoms with van der Waals surface area (Å²) in [7, 11) is 0. The molecule has 3 rings (SSSR count). The Kier molecular flexibility index (Phi) is 5.89. The van der Waals surface area contributed by atoms with Crippen molar-refractivity contribution in [2.45, 2.75) is 37.7 Å². The maximum Gasteiger partial charge on any atom is 0.338 e. The van der Waals surface area contributed by atoms with E-state index in [0.29, 0.717) is 12.2 Å². The molecule has 2 aromatic carbocycles. The van der Waals surface area contributed by atoms with Crippen LogP contribution in [-0.4, -0.2) is 22.1 Å². The van der Waals surface area contributed by atoms with Gasteiger partial charge in [0, 0.05) is 16.8 Å². The number of benzene rings is 2. The van der Waals surface area contributed by atoms with E-state index in [-0.39, 0.29) is 11.2 Å². The molecule has 0 aliphatic carbocycles. The van der Waals surface area contributed by atoms with E-state index >= 15 is 0 Å². The molecule has 4 nitrogen and oxygen atoms in total. The Hall–Kier alpha value is -1.98. The maximum absolute atomic E-state index is 12.0. The number of aryl methyl sites for hydroxylation is 1. The lowest BCUT2D eigenvalue weighted by Crippen LogP contribution is -2.04. The van der Waals surface area contributed by atoms with Crippen LogP contribution in [0.5, 0.6) is 0 Å². The summed E-state index contributed by atoms with van der Waals surface area (Å²) in [5.74, 6) is -0.320. The third kappa shape index (κ3) is 3.74. The molecule has 0 aliphatic rings. The number of imidazole rings is 1. The zero-order valence-corrected chi connectivity index (χ0v) is 16.6. The number of thioether (sulfide) groups is 1. The van der Waals surface area contributed by atoms with Gasteiger partial charge in [-0.15, -0.1) is 0 Å². The minimum atomic E-state index is -0.320. The number of fused-ring (bicyclic) bond motifs is 1. The molecule has 0 aliphatic heterocycles. The number of halogens is 1. The van der Waals surface area contributed by atoms with Gasteiger partial charge in [0.1, 0.15) is 0 Å². The van der Waals surface area contributed by atoms with Crippen LogP contribution in [0.2, 0.25) is 5.02 Å². The fourth-order valence-electron chi connectivity index (χ4n) is 2.87. The summed E-state index contributed by atoms with van der Waals surface area (Å²) in [5.41, 5.74) is 3.41. The van der Waals surface area contributed by atoms with Crippen LogP contribution in [-0.2, 0) is 11.3 Å². The first-order valence-electron chi connectivity index (χ1n) is 8.63. The molecule has 0 spiro atoms. The molecule has 0 fully saturated rings. The number of esters is 1. The topological polar surface area (TPSA) is 44.1 Å². The molecule has 6 heteroatoms. The Morgan fingerprint density at radius 3 is 2.73 bits per heavy atom. The van der Waals surface area contributed by atoms with Crippen molar-refractivity contribution in [2.75, 3.05) is 6.61 Å². The number of aromatic nitrogens is 2. The third-order valence-corrected chi connectivity index (χ3v) is 5.64. The van der Waals surface area contributed by atoms with Crippen LogP contribution in [0, 0.1) is 0 Å². The molecule has 0 amide bonds. The fourth-order valence-corrected chi connectivity index (χ4v) is 4.39. The molecule has 136 valence electrons. The van der Waals surface area contributed by atoms with Gasteiger partial charge < -0.3 is 9.30 Å². The van der Waals surface area contributed by atoms with E-state index in [2.05, 4.69) is 18.4 Å². The van der Waals surface area contributed by atoms with E-state index in [0.717, 1.165) is 33.3 Å². The van der Waals surface area contributed by atoms with Gasteiger partial charge in [0.05, 0.1) is 23.2 Å². The number of carbonyl (C=O) groups is 1. The van der Waals surface area contributed by atoms with Crippen LogP contribution in [0.1, 0.15) is 41.9 Å². The monoisotopic (exact) mass is 388 g/mol. The minimum absolute atomic E-state index is 0.162. The largest absolute Gasteiger partial charge is 0.462 e. The number of nitrogens with zero attached hydrogens (tertiary/aromatic N) is 2. The zero-order valence-electron chi connectivity index (χ0n) is 15.0.